The molecule has 4 aromatic rings. The van der Waals surface area contributed by atoms with E-state index in [1.807, 2.05) is 54.6 Å². The van der Waals surface area contributed by atoms with Crippen molar-refractivity contribution in [3.63, 3.8) is 0 Å². The molecule has 0 atom stereocenters. The van der Waals surface area contributed by atoms with Crippen LogP contribution in [0.25, 0.3) is 22.8 Å². The second-order valence-corrected chi connectivity index (χ2v) is 5.94. The number of benzene rings is 3. The predicted molar refractivity (Wildman–Crippen MR) is 102 cm³/mol. The summed E-state index contributed by atoms with van der Waals surface area (Å²) in [6.07, 6.45) is 0. The molecule has 0 aliphatic heterocycles. The highest BCUT2D eigenvalue weighted by Crippen LogP contribution is 2.18. The van der Waals surface area contributed by atoms with E-state index in [9.17, 15) is 10.1 Å². The number of nitrogens with zero attached hydrogens (tertiary/aromatic N) is 5. The molecule has 0 aliphatic carbocycles. The van der Waals surface area contributed by atoms with Crippen molar-refractivity contribution < 1.29 is 14.5 Å². The Balaban J connectivity index is 1.87. The number of non-ortho nitro benzene ring substituents is 1. The van der Waals surface area contributed by atoms with Gasteiger partial charge in [-0.2, -0.15) is 0 Å². The molecule has 0 saturated heterocycles. The molecule has 0 fully saturated rings. The number of nitro groups is 1. The number of tetrazole rings is 1. The van der Waals surface area contributed by atoms with E-state index in [1.54, 1.807) is 28.8 Å². The molecule has 4 rings (SSSR count). The summed E-state index contributed by atoms with van der Waals surface area (Å²) in [5.74, 6) is 1.21. The van der Waals surface area contributed by atoms with Gasteiger partial charge in [0.2, 0.25) is 0 Å². The molecule has 8 nitrogen and oxygen atoms in total. The first kappa shape index (κ1) is 17.3. The van der Waals surface area contributed by atoms with Gasteiger partial charge in [-0.25, -0.2) is 0 Å². The summed E-state index contributed by atoms with van der Waals surface area (Å²) in [6, 6.07) is 23.2. The highest BCUT2D eigenvalue weighted by atomic mass is 16.6. The third-order valence-electron chi connectivity index (χ3n) is 4.17. The van der Waals surface area contributed by atoms with E-state index >= 15 is 0 Å². The smallest absolute Gasteiger partial charge is 0.340 e. The molecule has 1 aromatic heterocycles. The summed E-state index contributed by atoms with van der Waals surface area (Å²) in [4.78, 5) is 13.7. The summed E-state index contributed by atoms with van der Waals surface area (Å²) >= 11 is 0. The fourth-order valence-corrected chi connectivity index (χ4v) is 2.76. The van der Waals surface area contributed by atoms with Crippen molar-refractivity contribution in [2.75, 3.05) is 7.11 Å². The lowest BCUT2D eigenvalue weighted by atomic mass is 10.2. The molecular weight excluding hydrogens is 358 g/mol. The summed E-state index contributed by atoms with van der Waals surface area (Å²) in [7, 11) is 1.60. The summed E-state index contributed by atoms with van der Waals surface area (Å²) in [5, 5.41) is 20.2. The average molecular weight is 374 g/mol. The lowest BCUT2D eigenvalue weighted by molar-refractivity contribution is -0.734. The standard InChI is InChI=1S/C20H16N5O3/c1-28-19-9-5-8-18(14-19)24-22-20(15-6-3-2-4-7-15)21-23(24)16-10-12-17(13-11-16)25(26)27/h2-14H,1H3/q+1. The topological polar surface area (TPSA) is 87.0 Å². The molecule has 3 aromatic carbocycles. The van der Waals surface area contributed by atoms with Crippen molar-refractivity contribution in [1.29, 1.82) is 0 Å². The molecule has 0 amide bonds. The normalized spacial score (nSPS) is 10.6. The Kier molecular flexibility index (Phi) is 4.51. The monoisotopic (exact) mass is 374 g/mol. The lowest BCUT2D eigenvalue weighted by Gasteiger charge is -2.02. The van der Waals surface area contributed by atoms with Gasteiger partial charge >= 0.3 is 5.82 Å². The van der Waals surface area contributed by atoms with Crippen molar-refractivity contribution in [3.05, 3.63) is 89.0 Å². The Morgan fingerprint density at radius 3 is 2.43 bits per heavy atom. The van der Waals surface area contributed by atoms with Gasteiger partial charge in [-0.1, -0.05) is 24.3 Å². The Morgan fingerprint density at radius 2 is 1.75 bits per heavy atom. The van der Waals surface area contributed by atoms with Crippen LogP contribution in [0.1, 0.15) is 0 Å². The molecule has 0 spiro atoms. The largest absolute Gasteiger partial charge is 0.497 e. The van der Waals surface area contributed by atoms with Crippen LogP contribution in [0, 0.1) is 10.1 Å². The molecule has 1 heterocycles. The van der Waals surface area contributed by atoms with Crippen LogP contribution in [0.4, 0.5) is 5.69 Å². The predicted octanol–water partition coefficient (Wildman–Crippen LogP) is 3.13. The maximum absolute atomic E-state index is 10.9. The molecule has 0 saturated carbocycles. The number of methoxy groups -OCH3 is 1. The van der Waals surface area contributed by atoms with Crippen LogP contribution in [0.15, 0.2) is 78.9 Å². The quantitative estimate of drug-likeness (QED) is 0.304. The van der Waals surface area contributed by atoms with Crippen molar-refractivity contribution in [1.82, 2.24) is 15.0 Å². The van der Waals surface area contributed by atoms with Gasteiger partial charge in [0, 0.05) is 23.0 Å². The van der Waals surface area contributed by atoms with Crippen LogP contribution in [0.3, 0.4) is 0 Å². The molecule has 28 heavy (non-hydrogen) atoms. The van der Waals surface area contributed by atoms with Crippen LogP contribution in [0.5, 0.6) is 5.75 Å². The van der Waals surface area contributed by atoms with Gasteiger partial charge in [0.05, 0.1) is 22.7 Å². The maximum atomic E-state index is 10.9. The van der Waals surface area contributed by atoms with Crippen LogP contribution in [0.2, 0.25) is 0 Å². The molecule has 0 bridgehead atoms. The SMILES string of the molecule is COc1cccc(-[n+]2nc(-c3ccccc3)nn2-c2ccc([N+](=O)[O-])cc2)c1. The number of nitro benzene ring substituents is 1. The molecular formula is C20H16N5O3+. The first-order chi connectivity index (χ1) is 13.7. The van der Waals surface area contributed by atoms with E-state index in [0.29, 0.717) is 17.3 Å². The van der Waals surface area contributed by atoms with E-state index in [4.69, 9.17) is 4.74 Å². The van der Waals surface area contributed by atoms with E-state index in [2.05, 4.69) is 10.2 Å². The van der Waals surface area contributed by atoms with E-state index in [-0.39, 0.29) is 5.69 Å². The molecule has 0 unspecified atom stereocenters. The second kappa shape index (κ2) is 7.28. The minimum atomic E-state index is -0.434. The van der Waals surface area contributed by atoms with Crippen LogP contribution in [-0.4, -0.2) is 27.0 Å². The van der Waals surface area contributed by atoms with E-state index < -0.39 is 4.92 Å². The highest BCUT2D eigenvalue weighted by molar-refractivity contribution is 5.53. The van der Waals surface area contributed by atoms with Gasteiger partial charge in [0.25, 0.3) is 5.69 Å². The average Bonchev–Trinajstić information content (AvgIpc) is 3.20. The first-order valence-electron chi connectivity index (χ1n) is 8.50. The Labute approximate surface area is 160 Å². The molecule has 8 heteroatoms. The first-order valence-corrected chi connectivity index (χ1v) is 8.50. The van der Waals surface area contributed by atoms with Crippen LogP contribution >= 0.6 is 0 Å². The molecule has 0 N–H and O–H groups in total. The Hall–Kier alpha value is -4.07. The third-order valence-corrected chi connectivity index (χ3v) is 4.17. The number of hydrogen-bond acceptors (Lipinski definition) is 5. The number of hydrogen-bond donors (Lipinski definition) is 0. The highest BCUT2D eigenvalue weighted by Gasteiger charge is 2.24. The zero-order chi connectivity index (χ0) is 19.5. The second-order valence-electron chi connectivity index (χ2n) is 5.94. The van der Waals surface area contributed by atoms with E-state index in [1.165, 1.54) is 12.1 Å². The summed E-state index contributed by atoms with van der Waals surface area (Å²) in [6.45, 7) is 0. The number of rotatable bonds is 5. The van der Waals surface area contributed by atoms with Gasteiger partial charge in [0.15, 0.2) is 5.69 Å². The Bertz CT molecular complexity index is 1120. The Morgan fingerprint density at radius 1 is 1.00 bits per heavy atom. The number of ether oxygens (including phenoxy) is 1. The minimum Gasteiger partial charge on any atom is -0.497 e. The summed E-state index contributed by atoms with van der Waals surface area (Å²) < 4.78 is 5.31. The van der Waals surface area contributed by atoms with Crippen molar-refractivity contribution >= 4 is 5.69 Å². The van der Waals surface area contributed by atoms with Crippen molar-refractivity contribution in [2.45, 2.75) is 0 Å². The van der Waals surface area contributed by atoms with Gasteiger partial charge in [0.1, 0.15) is 11.4 Å². The number of aromatic nitrogens is 4. The summed E-state index contributed by atoms with van der Waals surface area (Å²) in [5.41, 5.74) is 2.26. The van der Waals surface area contributed by atoms with Gasteiger partial charge in [-0.3, -0.25) is 10.1 Å². The van der Waals surface area contributed by atoms with Gasteiger partial charge in [-0.15, -0.1) is 0 Å². The van der Waals surface area contributed by atoms with Crippen LogP contribution < -0.4 is 9.53 Å². The zero-order valence-electron chi connectivity index (χ0n) is 15.0. The fraction of sp³-hybridized carbons (Fsp3) is 0.0500. The lowest BCUT2D eigenvalue weighted by Crippen LogP contribution is -2.43. The van der Waals surface area contributed by atoms with Gasteiger partial charge in [-0.05, 0) is 46.3 Å². The van der Waals surface area contributed by atoms with Crippen LogP contribution in [-0.2, 0) is 0 Å². The maximum Gasteiger partial charge on any atom is 0.340 e. The van der Waals surface area contributed by atoms with Crippen molar-refractivity contribution in [3.8, 4) is 28.5 Å². The van der Waals surface area contributed by atoms with E-state index in [0.717, 1.165) is 11.3 Å². The van der Waals surface area contributed by atoms with Crippen molar-refractivity contribution in [2.24, 2.45) is 0 Å². The third kappa shape index (κ3) is 3.30. The fourth-order valence-electron chi connectivity index (χ4n) is 2.76. The molecule has 0 radical (unpaired) electrons. The minimum absolute atomic E-state index is 0.0140. The molecule has 0 aliphatic rings. The zero-order valence-corrected chi connectivity index (χ0v) is 15.0. The van der Waals surface area contributed by atoms with Gasteiger partial charge < -0.3 is 4.74 Å². The molecule has 138 valence electrons.